The molecule has 0 saturated heterocycles. The Kier molecular flexibility index (Phi) is 7.66. The Morgan fingerprint density at radius 3 is 1.45 bits per heavy atom. The molecule has 44 heavy (non-hydrogen) atoms. The van der Waals surface area contributed by atoms with Crippen LogP contribution in [0.5, 0.6) is 0 Å². The van der Waals surface area contributed by atoms with Crippen molar-refractivity contribution in [2.24, 2.45) is 20.5 Å². The summed E-state index contributed by atoms with van der Waals surface area (Å²) in [7, 11) is -14.5. The number of nitrogens with zero attached hydrogens (tertiary/aromatic N) is 4. The van der Waals surface area contributed by atoms with Gasteiger partial charge in [0.05, 0.1) is 38.0 Å². The van der Waals surface area contributed by atoms with Crippen LogP contribution in [0.2, 0.25) is 0 Å². The first kappa shape index (κ1) is 30.6. The van der Waals surface area contributed by atoms with Gasteiger partial charge in [-0.05, 0) is 42.5 Å². The van der Waals surface area contributed by atoms with E-state index < -0.39 is 79.1 Å². The van der Waals surface area contributed by atoms with Crippen LogP contribution in [0.1, 0.15) is 31.8 Å². The molecule has 0 saturated carbocycles. The number of carbonyl (C=O) groups excluding carboxylic acids is 2. The highest BCUT2D eigenvalue weighted by Crippen LogP contribution is 2.44. The SMILES string of the molecule is O=C1c2ccccc2C(=O)c2c(N=Nc3cccc(S(=O)(=O)O)c3)c(S(=O)(=O)O)cc(N=Nc3cccc(S(=O)(=O)O)c3)c21. The number of hydrogen-bond acceptors (Lipinski definition) is 12. The van der Waals surface area contributed by atoms with Crippen molar-refractivity contribution in [3.05, 3.63) is 101 Å². The predicted octanol–water partition coefficient (Wildman–Crippen LogP) is 5.03. The number of rotatable bonds is 7. The van der Waals surface area contributed by atoms with Crippen molar-refractivity contribution in [1.29, 1.82) is 0 Å². The molecule has 1 aliphatic carbocycles. The van der Waals surface area contributed by atoms with Crippen LogP contribution in [-0.4, -0.2) is 50.5 Å². The summed E-state index contributed by atoms with van der Waals surface area (Å²) in [6.07, 6.45) is 0. The van der Waals surface area contributed by atoms with Gasteiger partial charge < -0.3 is 0 Å². The minimum Gasteiger partial charge on any atom is -0.288 e. The van der Waals surface area contributed by atoms with Crippen LogP contribution >= 0.6 is 0 Å². The van der Waals surface area contributed by atoms with E-state index in [1.807, 2.05) is 0 Å². The van der Waals surface area contributed by atoms with E-state index in [9.17, 15) is 48.5 Å². The van der Waals surface area contributed by atoms with Gasteiger partial charge in [-0.3, -0.25) is 23.2 Å². The molecule has 0 radical (unpaired) electrons. The summed E-state index contributed by atoms with van der Waals surface area (Å²) in [6, 6.07) is 15.1. The van der Waals surface area contributed by atoms with Gasteiger partial charge >= 0.3 is 0 Å². The summed E-state index contributed by atoms with van der Waals surface area (Å²) >= 11 is 0. The maximum atomic E-state index is 13.7. The van der Waals surface area contributed by atoms with Gasteiger partial charge in [0.2, 0.25) is 0 Å². The van der Waals surface area contributed by atoms with Crippen LogP contribution in [0.3, 0.4) is 0 Å². The zero-order chi connectivity index (χ0) is 32.0. The van der Waals surface area contributed by atoms with Crippen molar-refractivity contribution in [2.45, 2.75) is 14.7 Å². The lowest BCUT2D eigenvalue weighted by molar-refractivity contribution is 0.0979. The average Bonchev–Trinajstić information content (AvgIpc) is 2.96. The molecule has 0 aromatic heterocycles. The molecule has 5 rings (SSSR count). The first-order valence-electron chi connectivity index (χ1n) is 11.9. The summed E-state index contributed by atoms with van der Waals surface area (Å²) in [4.78, 5) is 25.3. The fraction of sp³-hybridized carbons (Fsp3) is 0. The summed E-state index contributed by atoms with van der Waals surface area (Å²) in [5.74, 6) is -1.70. The average molecular weight is 657 g/mol. The lowest BCUT2D eigenvalue weighted by Crippen LogP contribution is -2.22. The highest BCUT2D eigenvalue weighted by Gasteiger charge is 2.37. The van der Waals surface area contributed by atoms with Gasteiger partial charge in [-0.2, -0.15) is 35.5 Å². The maximum Gasteiger partial charge on any atom is 0.296 e. The predicted molar refractivity (Wildman–Crippen MR) is 150 cm³/mol. The summed E-state index contributed by atoms with van der Waals surface area (Å²) in [6.45, 7) is 0. The largest absolute Gasteiger partial charge is 0.296 e. The van der Waals surface area contributed by atoms with Gasteiger partial charge in [-0.25, -0.2) is 0 Å². The number of fused-ring (bicyclic) bond motifs is 2. The van der Waals surface area contributed by atoms with Crippen LogP contribution in [0.4, 0.5) is 22.7 Å². The molecule has 18 heteroatoms. The highest BCUT2D eigenvalue weighted by atomic mass is 32.2. The molecule has 0 bridgehead atoms. The van der Waals surface area contributed by atoms with E-state index in [-0.39, 0.29) is 22.5 Å². The molecule has 0 atom stereocenters. The van der Waals surface area contributed by atoms with Crippen LogP contribution in [0, 0.1) is 0 Å². The number of carbonyl (C=O) groups is 2. The Labute approximate surface area is 248 Å². The lowest BCUT2D eigenvalue weighted by atomic mass is 9.82. The first-order chi connectivity index (χ1) is 20.6. The molecule has 4 aromatic rings. The topological polar surface area (TPSA) is 247 Å². The number of hydrogen-bond donors (Lipinski definition) is 3. The van der Waals surface area contributed by atoms with Crippen molar-refractivity contribution < 1.29 is 48.5 Å². The van der Waals surface area contributed by atoms with Crippen molar-refractivity contribution in [2.75, 3.05) is 0 Å². The highest BCUT2D eigenvalue weighted by molar-refractivity contribution is 7.86. The van der Waals surface area contributed by atoms with Crippen LogP contribution < -0.4 is 0 Å². The van der Waals surface area contributed by atoms with Crippen molar-refractivity contribution in [3.63, 3.8) is 0 Å². The van der Waals surface area contributed by atoms with Gasteiger partial charge in [-0.1, -0.05) is 36.4 Å². The molecule has 3 N–H and O–H groups in total. The van der Waals surface area contributed by atoms with Gasteiger partial charge in [0.15, 0.2) is 11.6 Å². The Morgan fingerprint density at radius 2 is 0.977 bits per heavy atom. The Balaban J connectivity index is 1.78. The first-order valence-corrected chi connectivity index (χ1v) is 16.2. The molecule has 1 aliphatic rings. The third-order valence-electron chi connectivity index (χ3n) is 6.16. The Hall–Kier alpha value is -4.85. The van der Waals surface area contributed by atoms with E-state index in [4.69, 9.17) is 0 Å². The van der Waals surface area contributed by atoms with Crippen molar-refractivity contribution in [1.82, 2.24) is 0 Å². The van der Waals surface area contributed by atoms with E-state index in [2.05, 4.69) is 20.5 Å². The molecule has 4 aromatic carbocycles. The normalized spacial score (nSPS) is 13.8. The quantitative estimate of drug-likeness (QED) is 0.155. The summed E-state index contributed by atoms with van der Waals surface area (Å²) < 4.78 is 99.9. The van der Waals surface area contributed by atoms with E-state index in [0.29, 0.717) is 6.07 Å². The molecule has 224 valence electrons. The van der Waals surface area contributed by atoms with Gasteiger partial charge in [0, 0.05) is 11.1 Å². The standard InChI is InChI=1S/C26H16N4O11S3/c31-25-18-9-1-2-10-19(18)26(32)23-22(25)20(29-27-14-5-3-7-16(11-14)42(33,34)35)13-21(44(39,40)41)24(23)30-28-15-6-4-8-17(12-15)43(36,37)38/h1-13H,(H,33,34,35)(H,36,37,38)(H,39,40,41). The van der Waals surface area contributed by atoms with Crippen LogP contribution in [-0.2, 0) is 30.4 Å². The fourth-order valence-corrected chi connectivity index (χ4v) is 5.93. The second-order valence-electron chi connectivity index (χ2n) is 9.02. The third-order valence-corrected chi connectivity index (χ3v) is 8.73. The van der Waals surface area contributed by atoms with Gasteiger partial charge in [0.1, 0.15) is 10.6 Å². The zero-order valence-corrected chi connectivity index (χ0v) is 24.1. The van der Waals surface area contributed by atoms with Crippen LogP contribution in [0.25, 0.3) is 0 Å². The Morgan fingerprint density at radius 1 is 0.500 bits per heavy atom. The van der Waals surface area contributed by atoms with Gasteiger partial charge in [-0.15, -0.1) is 10.2 Å². The maximum absolute atomic E-state index is 13.7. The van der Waals surface area contributed by atoms with E-state index in [1.54, 1.807) is 0 Å². The second kappa shape index (κ2) is 11.0. The minimum atomic E-state index is -5.22. The number of azo groups is 2. The zero-order valence-electron chi connectivity index (χ0n) is 21.6. The van der Waals surface area contributed by atoms with E-state index in [0.717, 1.165) is 24.3 Å². The lowest BCUT2D eigenvalue weighted by Gasteiger charge is -2.21. The molecule has 0 heterocycles. The third kappa shape index (κ3) is 5.97. The molecular formula is C26H16N4O11S3. The fourth-order valence-electron chi connectivity index (χ4n) is 4.24. The van der Waals surface area contributed by atoms with Crippen molar-refractivity contribution >= 4 is 64.7 Å². The summed E-state index contributed by atoms with van der Waals surface area (Å²) in [5, 5.41) is 15.3. The number of benzene rings is 4. The smallest absolute Gasteiger partial charge is 0.288 e. The van der Waals surface area contributed by atoms with Gasteiger partial charge in [0.25, 0.3) is 30.4 Å². The number of ketones is 2. The van der Waals surface area contributed by atoms with E-state index in [1.165, 1.54) is 48.5 Å². The molecule has 0 unspecified atom stereocenters. The molecule has 0 amide bonds. The minimum absolute atomic E-state index is 0.0711. The van der Waals surface area contributed by atoms with Crippen LogP contribution in [0.15, 0.2) is 114 Å². The Bertz CT molecular complexity index is 2300. The molecule has 0 aliphatic heterocycles. The molecule has 0 fully saturated rings. The molecular weight excluding hydrogens is 641 g/mol. The molecule has 15 nitrogen and oxygen atoms in total. The molecule has 0 spiro atoms. The van der Waals surface area contributed by atoms with Crippen molar-refractivity contribution in [3.8, 4) is 0 Å². The van der Waals surface area contributed by atoms with E-state index >= 15 is 0 Å². The summed E-state index contributed by atoms with van der Waals surface area (Å²) in [5.41, 5.74) is -2.97. The monoisotopic (exact) mass is 656 g/mol. The second-order valence-corrected chi connectivity index (χ2v) is 13.2.